The molecule has 0 bridgehead atoms. The average molecular weight is 240 g/mol. The summed E-state index contributed by atoms with van der Waals surface area (Å²) in [6.07, 6.45) is 7.70. The van der Waals surface area contributed by atoms with Gasteiger partial charge in [0.2, 0.25) is 5.28 Å². The maximum absolute atomic E-state index is 6.18. The van der Waals surface area contributed by atoms with Crippen LogP contribution in [0.4, 0.5) is 0 Å². The van der Waals surface area contributed by atoms with Crippen LogP contribution >= 0.6 is 11.6 Å². The van der Waals surface area contributed by atoms with Gasteiger partial charge in [0.1, 0.15) is 5.82 Å². The highest BCUT2D eigenvalue weighted by Gasteiger charge is 2.34. The molecule has 1 aromatic rings. The minimum absolute atomic E-state index is 0.519. The average Bonchev–Trinajstić information content (AvgIpc) is 3.17. The number of halogens is 1. The Balaban J connectivity index is 1.85. The van der Waals surface area contributed by atoms with Gasteiger partial charge >= 0.3 is 0 Å². The number of hydrogen-bond acceptors (Lipinski definition) is 2. The van der Waals surface area contributed by atoms with Crippen molar-refractivity contribution in [2.45, 2.75) is 57.4 Å². The number of hydrogen-bond donors (Lipinski definition) is 0. The first-order chi connectivity index (χ1) is 7.79. The molecule has 1 aromatic heterocycles. The molecule has 2 fully saturated rings. The summed E-state index contributed by atoms with van der Waals surface area (Å²) >= 11 is 6.18. The molecule has 4 heteroatoms. The molecule has 0 spiro atoms. The Morgan fingerprint density at radius 1 is 1.31 bits per heavy atom. The van der Waals surface area contributed by atoms with Crippen molar-refractivity contribution in [3.05, 3.63) is 11.1 Å². The van der Waals surface area contributed by atoms with E-state index in [9.17, 15) is 0 Å². The molecule has 2 aliphatic carbocycles. The van der Waals surface area contributed by atoms with Crippen molar-refractivity contribution in [2.24, 2.45) is 5.92 Å². The van der Waals surface area contributed by atoms with Crippen LogP contribution in [-0.2, 0) is 0 Å². The Labute approximate surface area is 101 Å². The third kappa shape index (κ3) is 1.97. The molecule has 3 rings (SSSR count). The molecule has 2 aliphatic rings. The molecule has 16 heavy (non-hydrogen) atoms. The highest BCUT2D eigenvalue weighted by atomic mass is 35.5. The van der Waals surface area contributed by atoms with E-state index in [1.54, 1.807) is 0 Å². The van der Waals surface area contributed by atoms with Gasteiger partial charge in [-0.1, -0.05) is 19.8 Å². The van der Waals surface area contributed by atoms with E-state index >= 15 is 0 Å². The van der Waals surface area contributed by atoms with Crippen LogP contribution in [0.3, 0.4) is 0 Å². The van der Waals surface area contributed by atoms with Crippen molar-refractivity contribution in [1.29, 1.82) is 0 Å². The van der Waals surface area contributed by atoms with E-state index in [4.69, 9.17) is 11.6 Å². The lowest BCUT2D eigenvalue weighted by atomic mass is 10.1. The highest BCUT2D eigenvalue weighted by molar-refractivity contribution is 6.28. The first kappa shape index (κ1) is 10.6. The minimum Gasteiger partial charge on any atom is -0.298 e. The molecule has 0 N–H and O–H groups in total. The Hall–Kier alpha value is -0.570. The number of rotatable bonds is 5. The monoisotopic (exact) mass is 239 g/mol. The topological polar surface area (TPSA) is 30.7 Å². The zero-order valence-electron chi connectivity index (χ0n) is 9.69. The summed E-state index contributed by atoms with van der Waals surface area (Å²) in [5, 5.41) is 8.90. The lowest BCUT2D eigenvalue weighted by molar-refractivity contribution is 0.416. The van der Waals surface area contributed by atoms with E-state index in [2.05, 4.69) is 21.7 Å². The maximum Gasteiger partial charge on any atom is 0.225 e. The van der Waals surface area contributed by atoms with Gasteiger partial charge in [-0.2, -0.15) is 0 Å². The fourth-order valence-corrected chi connectivity index (χ4v) is 2.70. The lowest BCUT2D eigenvalue weighted by Gasteiger charge is -2.19. The third-order valence-corrected chi connectivity index (χ3v) is 4.02. The van der Waals surface area contributed by atoms with Gasteiger partial charge in [0.15, 0.2) is 0 Å². The van der Waals surface area contributed by atoms with Gasteiger partial charge in [-0.25, -0.2) is 0 Å². The van der Waals surface area contributed by atoms with Gasteiger partial charge in [0.05, 0.1) is 0 Å². The molecule has 0 aromatic carbocycles. The first-order valence-corrected chi connectivity index (χ1v) is 6.77. The van der Waals surface area contributed by atoms with Crippen molar-refractivity contribution in [2.75, 3.05) is 0 Å². The molecule has 0 saturated heterocycles. The van der Waals surface area contributed by atoms with Gasteiger partial charge in [0.25, 0.3) is 0 Å². The number of aromatic nitrogens is 3. The molecule has 3 nitrogen and oxygen atoms in total. The van der Waals surface area contributed by atoms with Crippen molar-refractivity contribution >= 4 is 11.6 Å². The summed E-state index contributed by atoms with van der Waals surface area (Å²) in [7, 11) is 0. The summed E-state index contributed by atoms with van der Waals surface area (Å²) < 4.78 is 2.21. The predicted octanol–water partition coefficient (Wildman–Crippen LogP) is 3.56. The van der Waals surface area contributed by atoms with E-state index in [0.717, 1.165) is 18.2 Å². The zero-order valence-corrected chi connectivity index (χ0v) is 10.5. The Morgan fingerprint density at radius 3 is 2.62 bits per heavy atom. The van der Waals surface area contributed by atoms with Crippen LogP contribution in [0.2, 0.25) is 5.28 Å². The van der Waals surface area contributed by atoms with Gasteiger partial charge in [-0.05, 0) is 43.2 Å². The summed E-state index contributed by atoms with van der Waals surface area (Å²) in [6.45, 7) is 2.24. The SMILES string of the molecule is CCC(CC1CC1)n1c(Cl)nnc1C1CC1. The third-order valence-electron chi connectivity index (χ3n) is 3.76. The minimum atomic E-state index is 0.519. The van der Waals surface area contributed by atoms with Gasteiger partial charge in [0, 0.05) is 12.0 Å². The quantitative estimate of drug-likeness (QED) is 0.787. The van der Waals surface area contributed by atoms with Crippen molar-refractivity contribution < 1.29 is 0 Å². The molecule has 1 unspecified atom stereocenters. The van der Waals surface area contributed by atoms with Crippen LogP contribution in [0, 0.1) is 5.92 Å². The lowest BCUT2D eigenvalue weighted by Crippen LogP contribution is -2.12. The van der Waals surface area contributed by atoms with Crippen LogP contribution < -0.4 is 0 Å². The second-order valence-corrected chi connectivity index (χ2v) is 5.55. The molecule has 0 amide bonds. The molecule has 0 radical (unpaired) electrons. The Kier molecular flexibility index (Phi) is 2.66. The second kappa shape index (κ2) is 4.02. The van der Waals surface area contributed by atoms with Crippen molar-refractivity contribution in [1.82, 2.24) is 14.8 Å². The van der Waals surface area contributed by atoms with Gasteiger partial charge in [-0.15, -0.1) is 10.2 Å². The molecule has 1 atom stereocenters. The predicted molar refractivity (Wildman–Crippen MR) is 63.7 cm³/mol. The molecule has 88 valence electrons. The normalized spacial score (nSPS) is 22.4. The molecular weight excluding hydrogens is 222 g/mol. The van der Waals surface area contributed by atoms with E-state index < -0.39 is 0 Å². The van der Waals surface area contributed by atoms with Crippen molar-refractivity contribution in [3.63, 3.8) is 0 Å². The van der Waals surface area contributed by atoms with Crippen molar-refractivity contribution in [3.8, 4) is 0 Å². The summed E-state index contributed by atoms with van der Waals surface area (Å²) in [5.41, 5.74) is 0. The first-order valence-electron chi connectivity index (χ1n) is 6.40. The fraction of sp³-hybridized carbons (Fsp3) is 0.833. The zero-order chi connectivity index (χ0) is 11.1. The molecule has 0 aliphatic heterocycles. The molecule has 2 saturated carbocycles. The molecule has 1 heterocycles. The van der Waals surface area contributed by atoms with Gasteiger partial charge in [-0.3, -0.25) is 4.57 Å². The second-order valence-electron chi connectivity index (χ2n) is 5.21. The smallest absolute Gasteiger partial charge is 0.225 e. The maximum atomic E-state index is 6.18. The van der Waals surface area contributed by atoms with Crippen LogP contribution in [0.1, 0.15) is 63.2 Å². The largest absolute Gasteiger partial charge is 0.298 e. The van der Waals surface area contributed by atoms with Crippen LogP contribution in [0.25, 0.3) is 0 Å². The van der Waals surface area contributed by atoms with Gasteiger partial charge < -0.3 is 0 Å². The number of nitrogens with zero attached hydrogens (tertiary/aromatic N) is 3. The van der Waals surface area contributed by atoms with Crippen LogP contribution in [0.15, 0.2) is 0 Å². The summed E-state index contributed by atoms with van der Waals surface area (Å²) in [5.74, 6) is 2.70. The summed E-state index contributed by atoms with van der Waals surface area (Å²) in [6, 6.07) is 0.519. The standard InChI is InChI=1S/C12H18ClN3/c1-2-10(7-8-3-4-8)16-11(9-5-6-9)14-15-12(16)13/h8-10H,2-7H2,1H3. The van der Waals surface area contributed by atoms with E-state index in [1.165, 1.54) is 32.1 Å². The Bertz CT molecular complexity index is 380. The van der Waals surface area contributed by atoms with Crippen LogP contribution in [0.5, 0.6) is 0 Å². The van der Waals surface area contributed by atoms with E-state index in [1.807, 2.05) is 0 Å². The van der Waals surface area contributed by atoms with E-state index in [-0.39, 0.29) is 0 Å². The summed E-state index contributed by atoms with van der Waals surface area (Å²) in [4.78, 5) is 0. The van der Waals surface area contributed by atoms with Crippen LogP contribution in [-0.4, -0.2) is 14.8 Å². The van der Waals surface area contributed by atoms with E-state index in [0.29, 0.717) is 17.2 Å². The fourth-order valence-electron chi connectivity index (χ4n) is 2.43. The highest BCUT2D eigenvalue weighted by Crippen LogP contribution is 2.44. The molecular formula is C12H18ClN3. The Morgan fingerprint density at radius 2 is 2.06 bits per heavy atom.